The molecule has 2 rings (SSSR count). The van der Waals surface area contributed by atoms with Gasteiger partial charge in [-0.1, -0.05) is 27.7 Å². The van der Waals surface area contributed by atoms with Crippen LogP contribution in [0.4, 0.5) is 5.82 Å². The van der Waals surface area contributed by atoms with Crippen molar-refractivity contribution in [2.45, 2.75) is 46.6 Å². The molecule has 15 heavy (non-hydrogen) atoms. The third kappa shape index (κ3) is 4.10. The molecule has 86 valence electrons. The van der Waals surface area contributed by atoms with Gasteiger partial charge in [0.1, 0.15) is 0 Å². The standard InChI is InChI=1S/C6H7N3O2.2C2H6/c10-9(11)6-3-4-8(7-6)5-1-2-5;2*1-2/h3-5H,1-2H2;2*1-2H3. The Morgan fingerprint density at radius 1 is 1.40 bits per heavy atom. The van der Waals surface area contributed by atoms with E-state index in [2.05, 4.69) is 5.10 Å². The van der Waals surface area contributed by atoms with Gasteiger partial charge in [0.2, 0.25) is 0 Å². The monoisotopic (exact) mass is 213 g/mol. The summed E-state index contributed by atoms with van der Waals surface area (Å²) in [5.74, 6) is -0.0584. The first kappa shape index (κ1) is 13.6. The Balaban J connectivity index is 0.000000442. The van der Waals surface area contributed by atoms with E-state index in [9.17, 15) is 10.1 Å². The highest BCUT2D eigenvalue weighted by Crippen LogP contribution is 2.34. The minimum Gasteiger partial charge on any atom is -0.358 e. The minimum atomic E-state index is -0.473. The lowest BCUT2D eigenvalue weighted by atomic mass is 10.6. The van der Waals surface area contributed by atoms with E-state index in [0.29, 0.717) is 6.04 Å². The maximum absolute atomic E-state index is 10.2. The molecule has 0 unspecified atom stereocenters. The third-order valence-electron chi connectivity index (χ3n) is 1.70. The summed E-state index contributed by atoms with van der Waals surface area (Å²) in [4.78, 5) is 9.71. The predicted molar refractivity (Wildman–Crippen MR) is 59.8 cm³/mol. The summed E-state index contributed by atoms with van der Waals surface area (Å²) in [7, 11) is 0. The van der Waals surface area contributed by atoms with E-state index in [4.69, 9.17) is 0 Å². The molecule has 5 heteroatoms. The molecule has 1 aromatic heterocycles. The second-order valence-electron chi connectivity index (χ2n) is 2.64. The number of nitro groups is 1. The van der Waals surface area contributed by atoms with E-state index >= 15 is 0 Å². The number of rotatable bonds is 2. The second kappa shape index (κ2) is 6.98. The van der Waals surface area contributed by atoms with E-state index in [1.807, 2.05) is 27.7 Å². The minimum absolute atomic E-state index is 0.0584. The molecule has 0 saturated heterocycles. The van der Waals surface area contributed by atoms with Crippen LogP contribution in [0.3, 0.4) is 0 Å². The predicted octanol–water partition coefficient (Wildman–Crippen LogP) is 3.18. The summed E-state index contributed by atoms with van der Waals surface area (Å²) in [5, 5.41) is 14.0. The van der Waals surface area contributed by atoms with Crippen molar-refractivity contribution < 1.29 is 4.92 Å². The molecule has 1 aliphatic rings. The van der Waals surface area contributed by atoms with Gasteiger partial charge in [-0.3, -0.25) is 0 Å². The molecule has 5 nitrogen and oxygen atoms in total. The van der Waals surface area contributed by atoms with Crippen LogP contribution in [0.1, 0.15) is 46.6 Å². The number of aromatic nitrogens is 2. The molecule has 1 fully saturated rings. The van der Waals surface area contributed by atoms with Gasteiger partial charge in [-0.15, -0.1) is 0 Å². The molecular formula is C10H19N3O2. The zero-order valence-electron chi connectivity index (χ0n) is 9.80. The Morgan fingerprint density at radius 3 is 2.27 bits per heavy atom. The molecule has 0 atom stereocenters. The molecule has 0 bridgehead atoms. The van der Waals surface area contributed by atoms with Gasteiger partial charge in [-0.05, 0) is 17.8 Å². The van der Waals surface area contributed by atoms with Crippen molar-refractivity contribution in [2.24, 2.45) is 0 Å². The summed E-state index contributed by atoms with van der Waals surface area (Å²) < 4.78 is 1.66. The van der Waals surface area contributed by atoms with Crippen LogP contribution in [-0.2, 0) is 0 Å². The van der Waals surface area contributed by atoms with Crippen molar-refractivity contribution in [2.75, 3.05) is 0 Å². The van der Waals surface area contributed by atoms with Crippen LogP contribution < -0.4 is 0 Å². The van der Waals surface area contributed by atoms with Gasteiger partial charge >= 0.3 is 5.82 Å². The number of nitrogens with zero attached hydrogens (tertiary/aromatic N) is 3. The second-order valence-corrected chi connectivity index (χ2v) is 2.64. The van der Waals surface area contributed by atoms with Gasteiger partial charge in [0.25, 0.3) is 0 Å². The largest absolute Gasteiger partial charge is 0.389 e. The molecular weight excluding hydrogens is 194 g/mol. The number of hydrogen-bond acceptors (Lipinski definition) is 3. The van der Waals surface area contributed by atoms with E-state index < -0.39 is 4.92 Å². The van der Waals surface area contributed by atoms with Crippen LogP contribution in [0.2, 0.25) is 0 Å². The Kier molecular flexibility index (Phi) is 6.33. The van der Waals surface area contributed by atoms with Crippen molar-refractivity contribution in [1.82, 2.24) is 9.78 Å². The highest BCUT2D eigenvalue weighted by molar-refractivity contribution is 5.15. The molecule has 1 aromatic rings. The molecule has 1 heterocycles. The fraction of sp³-hybridized carbons (Fsp3) is 0.700. The lowest BCUT2D eigenvalue weighted by Gasteiger charge is -1.86. The molecule has 0 aliphatic heterocycles. The number of hydrogen-bond donors (Lipinski definition) is 0. The quantitative estimate of drug-likeness (QED) is 0.560. The summed E-state index contributed by atoms with van der Waals surface area (Å²) in [5.41, 5.74) is 0. The van der Waals surface area contributed by atoms with Crippen molar-refractivity contribution in [1.29, 1.82) is 0 Å². The third-order valence-corrected chi connectivity index (χ3v) is 1.70. The van der Waals surface area contributed by atoms with Gasteiger partial charge in [0.05, 0.1) is 23.4 Å². The van der Waals surface area contributed by atoms with Crippen molar-refractivity contribution in [3.05, 3.63) is 22.4 Å². The molecule has 1 saturated carbocycles. The molecule has 1 aliphatic carbocycles. The van der Waals surface area contributed by atoms with E-state index in [1.54, 1.807) is 10.9 Å². The summed E-state index contributed by atoms with van der Waals surface area (Å²) in [6.07, 6.45) is 3.85. The van der Waals surface area contributed by atoms with Crippen LogP contribution in [0.15, 0.2) is 12.3 Å². The summed E-state index contributed by atoms with van der Waals surface area (Å²) in [6, 6.07) is 1.85. The average Bonchev–Trinajstić information content (AvgIpc) is 3.02. The maximum Gasteiger partial charge on any atom is 0.389 e. The van der Waals surface area contributed by atoms with Gasteiger partial charge in [-0.25, -0.2) is 0 Å². The Bertz CT molecular complexity index is 293. The van der Waals surface area contributed by atoms with Gasteiger partial charge in [0, 0.05) is 0 Å². The lowest BCUT2D eigenvalue weighted by molar-refractivity contribution is -0.389. The first-order valence-corrected chi connectivity index (χ1v) is 5.47. The highest BCUT2D eigenvalue weighted by atomic mass is 16.6. The van der Waals surface area contributed by atoms with E-state index in [1.165, 1.54) is 6.07 Å². The topological polar surface area (TPSA) is 61.0 Å². The Hall–Kier alpha value is -1.39. The molecule has 0 radical (unpaired) electrons. The van der Waals surface area contributed by atoms with Crippen LogP contribution in [-0.4, -0.2) is 14.7 Å². The Morgan fingerprint density at radius 2 is 1.93 bits per heavy atom. The highest BCUT2D eigenvalue weighted by Gasteiger charge is 2.28. The lowest BCUT2D eigenvalue weighted by Crippen LogP contribution is -1.95. The van der Waals surface area contributed by atoms with Crippen LogP contribution in [0.25, 0.3) is 0 Å². The van der Waals surface area contributed by atoms with Crippen molar-refractivity contribution in [3.8, 4) is 0 Å². The van der Waals surface area contributed by atoms with Crippen molar-refractivity contribution >= 4 is 5.82 Å². The smallest absolute Gasteiger partial charge is 0.358 e. The zero-order valence-corrected chi connectivity index (χ0v) is 9.80. The average molecular weight is 213 g/mol. The first-order chi connectivity index (χ1) is 7.27. The van der Waals surface area contributed by atoms with Crippen LogP contribution in [0.5, 0.6) is 0 Å². The fourth-order valence-corrected chi connectivity index (χ4v) is 0.968. The van der Waals surface area contributed by atoms with E-state index in [-0.39, 0.29) is 5.82 Å². The maximum atomic E-state index is 10.2. The molecule has 0 spiro atoms. The normalized spacial score (nSPS) is 13.1. The molecule has 0 aromatic carbocycles. The van der Waals surface area contributed by atoms with Gasteiger partial charge in [-0.2, -0.15) is 4.68 Å². The van der Waals surface area contributed by atoms with Crippen molar-refractivity contribution in [3.63, 3.8) is 0 Å². The van der Waals surface area contributed by atoms with Gasteiger partial charge < -0.3 is 10.1 Å². The molecule has 0 amide bonds. The van der Waals surface area contributed by atoms with Crippen LogP contribution in [0, 0.1) is 10.1 Å². The fourth-order valence-electron chi connectivity index (χ4n) is 0.968. The Labute approximate surface area is 90.3 Å². The first-order valence-electron chi connectivity index (χ1n) is 5.47. The molecule has 0 N–H and O–H groups in total. The SMILES string of the molecule is CC.CC.O=[N+]([O-])c1ccn(C2CC2)n1. The van der Waals surface area contributed by atoms with Gasteiger partial charge in [0.15, 0.2) is 0 Å². The zero-order chi connectivity index (χ0) is 11.8. The van der Waals surface area contributed by atoms with E-state index in [0.717, 1.165) is 12.8 Å². The van der Waals surface area contributed by atoms with Crippen LogP contribution >= 0.6 is 0 Å². The summed E-state index contributed by atoms with van der Waals surface area (Å²) >= 11 is 0. The summed E-state index contributed by atoms with van der Waals surface area (Å²) in [6.45, 7) is 8.00.